The van der Waals surface area contributed by atoms with Gasteiger partial charge in [0.15, 0.2) is 0 Å². The molecule has 0 aliphatic carbocycles. The smallest absolute Gasteiger partial charge is 0.239 e. The number of carbonyl (C=O) groups excluding carboxylic acids is 1. The summed E-state index contributed by atoms with van der Waals surface area (Å²) >= 11 is 0. The van der Waals surface area contributed by atoms with Gasteiger partial charge in [-0.3, -0.25) is 9.69 Å². The molecule has 2 rings (SSSR count). The van der Waals surface area contributed by atoms with E-state index in [1.54, 1.807) is 0 Å². The number of ether oxygens (including phenoxy) is 1. The third-order valence-corrected chi connectivity index (χ3v) is 4.13. The lowest BCUT2D eigenvalue weighted by molar-refractivity contribution is -0.140. The Morgan fingerprint density at radius 2 is 2.14 bits per heavy atom. The van der Waals surface area contributed by atoms with Crippen LogP contribution in [0.25, 0.3) is 0 Å². The molecule has 122 valence electrons. The van der Waals surface area contributed by atoms with Crippen molar-refractivity contribution in [1.82, 2.24) is 14.8 Å². The first-order valence-electron chi connectivity index (χ1n) is 8.22. The van der Waals surface area contributed by atoms with Crippen molar-refractivity contribution in [2.24, 2.45) is 0 Å². The van der Waals surface area contributed by atoms with Crippen molar-refractivity contribution < 1.29 is 9.53 Å². The molecule has 0 radical (unpaired) electrons. The van der Waals surface area contributed by atoms with Gasteiger partial charge in [0.05, 0.1) is 12.6 Å². The van der Waals surface area contributed by atoms with Gasteiger partial charge < -0.3 is 9.64 Å². The standard InChI is InChI=1S/C17H27N3O2/c1-4-6-7-15-17(21)19(3)10-11-20(15)13-14-8-9-16(18-12-14)22-5-2/h8-9,12,15H,4-7,10-11,13H2,1-3H3. The summed E-state index contributed by atoms with van der Waals surface area (Å²) in [5.41, 5.74) is 1.13. The monoisotopic (exact) mass is 305 g/mol. The van der Waals surface area contributed by atoms with E-state index in [9.17, 15) is 4.79 Å². The molecule has 1 aromatic heterocycles. The number of likely N-dealkylation sites (N-methyl/N-ethyl adjacent to an activating group) is 1. The van der Waals surface area contributed by atoms with Crippen molar-refractivity contribution in [1.29, 1.82) is 0 Å². The molecule has 0 spiro atoms. The Kier molecular flexibility index (Phi) is 6.19. The molecule has 1 saturated heterocycles. The van der Waals surface area contributed by atoms with E-state index in [4.69, 9.17) is 4.74 Å². The van der Waals surface area contributed by atoms with Gasteiger partial charge in [0, 0.05) is 38.9 Å². The lowest BCUT2D eigenvalue weighted by Crippen LogP contribution is -2.55. The second-order valence-electron chi connectivity index (χ2n) is 5.83. The molecule has 0 bridgehead atoms. The number of nitrogens with zero attached hydrogens (tertiary/aromatic N) is 3. The molecule has 1 aliphatic heterocycles. The summed E-state index contributed by atoms with van der Waals surface area (Å²) in [6, 6.07) is 3.94. The van der Waals surface area contributed by atoms with Gasteiger partial charge in [-0.15, -0.1) is 0 Å². The van der Waals surface area contributed by atoms with Crippen LogP contribution in [-0.2, 0) is 11.3 Å². The summed E-state index contributed by atoms with van der Waals surface area (Å²) in [4.78, 5) is 20.9. The maximum Gasteiger partial charge on any atom is 0.239 e. The molecule has 1 aromatic rings. The van der Waals surface area contributed by atoms with Crippen molar-refractivity contribution in [2.75, 3.05) is 26.7 Å². The second kappa shape index (κ2) is 8.13. The van der Waals surface area contributed by atoms with Gasteiger partial charge in [0.2, 0.25) is 11.8 Å². The number of rotatable bonds is 7. The Morgan fingerprint density at radius 1 is 1.32 bits per heavy atom. The molecule has 2 heterocycles. The van der Waals surface area contributed by atoms with E-state index in [0.717, 1.165) is 44.5 Å². The highest BCUT2D eigenvalue weighted by Crippen LogP contribution is 2.19. The van der Waals surface area contributed by atoms with E-state index in [2.05, 4.69) is 16.8 Å². The van der Waals surface area contributed by atoms with Crippen LogP contribution in [0.3, 0.4) is 0 Å². The van der Waals surface area contributed by atoms with Gasteiger partial charge in [-0.25, -0.2) is 4.98 Å². The highest BCUT2D eigenvalue weighted by molar-refractivity contribution is 5.82. The minimum Gasteiger partial charge on any atom is -0.478 e. The quantitative estimate of drug-likeness (QED) is 0.775. The molecule has 5 heteroatoms. The average molecular weight is 305 g/mol. The van der Waals surface area contributed by atoms with E-state index in [-0.39, 0.29) is 11.9 Å². The number of hydrogen-bond acceptors (Lipinski definition) is 4. The number of hydrogen-bond donors (Lipinski definition) is 0. The van der Waals surface area contributed by atoms with Crippen LogP contribution in [0, 0.1) is 0 Å². The summed E-state index contributed by atoms with van der Waals surface area (Å²) in [6.45, 7) is 7.23. The van der Waals surface area contributed by atoms with Crippen LogP contribution in [-0.4, -0.2) is 53.5 Å². The SMILES string of the molecule is CCCCC1C(=O)N(C)CCN1Cc1ccc(OCC)nc1. The van der Waals surface area contributed by atoms with Gasteiger partial charge >= 0.3 is 0 Å². The number of amides is 1. The van der Waals surface area contributed by atoms with Gasteiger partial charge in [-0.2, -0.15) is 0 Å². The number of piperazine rings is 1. The van der Waals surface area contributed by atoms with Crippen molar-refractivity contribution in [3.05, 3.63) is 23.9 Å². The molecule has 1 fully saturated rings. The molecular weight excluding hydrogens is 278 g/mol. The Hall–Kier alpha value is -1.62. The van der Waals surface area contributed by atoms with Gasteiger partial charge in [-0.1, -0.05) is 25.8 Å². The molecule has 5 nitrogen and oxygen atoms in total. The number of carbonyl (C=O) groups is 1. The molecule has 0 aromatic carbocycles. The fourth-order valence-corrected chi connectivity index (χ4v) is 2.82. The predicted molar refractivity (Wildman–Crippen MR) is 86.8 cm³/mol. The second-order valence-corrected chi connectivity index (χ2v) is 5.83. The summed E-state index contributed by atoms with van der Waals surface area (Å²) in [5.74, 6) is 0.904. The lowest BCUT2D eigenvalue weighted by atomic mass is 10.0. The van der Waals surface area contributed by atoms with Gasteiger partial charge in [0.25, 0.3) is 0 Å². The highest BCUT2D eigenvalue weighted by atomic mass is 16.5. The van der Waals surface area contributed by atoms with Crippen molar-refractivity contribution in [3.63, 3.8) is 0 Å². The highest BCUT2D eigenvalue weighted by Gasteiger charge is 2.32. The summed E-state index contributed by atoms with van der Waals surface area (Å²) in [7, 11) is 1.90. The maximum atomic E-state index is 12.4. The largest absolute Gasteiger partial charge is 0.478 e. The first-order chi connectivity index (χ1) is 10.7. The zero-order chi connectivity index (χ0) is 15.9. The lowest BCUT2D eigenvalue weighted by Gasteiger charge is -2.39. The van der Waals surface area contributed by atoms with E-state index in [1.165, 1.54) is 0 Å². The van der Waals surface area contributed by atoms with Crippen molar-refractivity contribution in [3.8, 4) is 5.88 Å². The first-order valence-corrected chi connectivity index (χ1v) is 8.22. The molecule has 1 unspecified atom stereocenters. The summed E-state index contributed by atoms with van der Waals surface area (Å²) in [5, 5.41) is 0. The first kappa shape index (κ1) is 16.7. The van der Waals surface area contributed by atoms with Crippen LogP contribution in [0.1, 0.15) is 38.7 Å². The van der Waals surface area contributed by atoms with Crippen molar-refractivity contribution in [2.45, 2.75) is 45.7 Å². The molecule has 0 saturated carbocycles. The summed E-state index contributed by atoms with van der Waals surface area (Å²) in [6.07, 6.45) is 4.99. The molecule has 1 aliphatic rings. The van der Waals surface area contributed by atoms with Crippen LogP contribution in [0.5, 0.6) is 5.88 Å². The zero-order valence-electron chi connectivity index (χ0n) is 13.9. The fourth-order valence-electron chi connectivity index (χ4n) is 2.82. The Bertz CT molecular complexity index is 475. The fraction of sp³-hybridized carbons (Fsp3) is 0.647. The number of aromatic nitrogens is 1. The Balaban J connectivity index is 2.03. The molecule has 1 atom stereocenters. The third-order valence-electron chi connectivity index (χ3n) is 4.13. The van der Waals surface area contributed by atoms with Crippen LogP contribution in [0.4, 0.5) is 0 Å². The maximum absolute atomic E-state index is 12.4. The van der Waals surface area contributed by atoms with E-state index < -0.39 is 0 Å². The van der Waals surface area contributed by atoms with Gasteiger partial charge in [0.1, 0.15) is 0 Å². The molecule has 0 N–H and O–H groups in total. The van der Waals surface area contributed by atoms with Crippen LogP contribution in [0.15, 0.2) is 18.3 Å². The average Bonchev–Trinajstić information content (AvgIpc) is 2.53. The van der Waals surface area contributed by atoms with Crippen molar-refractivity contribution >= 4 is 5.91 Å². The van der Waals surface area contributed by atoms with Crippen LogP contribution < -0.4 is 4.74 Å². The number of pyridine rings is 1. The Labute approximate surface area is 133 Å². The van der Waals surface area contributed by atoms with E-state index in [1.807, 2.05) is 37.2 Å². The minimum absolute atomic E-state index is 0.00488. The van der Waals surface area contributed by atoms with E-state index in [0.29, 0.717) is 12.5 Å². The zero-order valence-corrected chi connectivity index (χ0v) is 13.9. The summed E-state index contributed by atoms with van der Waals surface area (Å²) < 4.78 is 5.37. The molecular formula is C17H27N3O2. The normalized spacial score (nSPS) is 19.5. The minimum atomic E-state index is 0.00488. The van der Waals surface area contributed by atoms with Gasteiger partial charge in [-0.05, 0) is 18.9 Å². The Morgan fingerprint density at radius 3 is 2.77 bits per heavy atom. The van der Waals surface area contributed by atoms with E-state index >= 15 is 0 Å². The molecule has 22 heavy (non-hydrogen) atoms. The molecule has 1 amide bonds. The third kappa shape index (κ3) is 4.19. The van der Waals surface area contributed by atoms with Crippen LogP contribution in [0.2, 0.25) is 0 Å². The number of unbranched alkanes of at least 4 members (excludes halogenated alkanes) is 1. The topological polar surface area (TPSA) is 45.7 Å². The predicted octanol–water partition coefficient (Wildman–Crippen LogP) is 2.31. The van der Waals surface area contributed by atoms with Crippen LogP contribution >= 0.6 is 0 Å².